The van der Waals surface area contributed by atoms with Gasteiger partial charge in [0.25, 0.3) is 0 Å². The molecule has 0 bridgehead atoms. The van der Waals surface area contributed by atoms with Crippen LogP contribution in [0.2, 0.25) is 0 Å². The maximum absolute atomic E-state index is 12.9. The third kappa shape index (κ3) is 5.12. The molecule has 3 heterocycles. The molecule has 0 aromatic rings. The van der Waals surface area contributed by atoms with E-state index < -0.39 is 0 Å². The van der Waals surface area contributed by atoms with Gasteiger partial charge in [-0.1, -0.05) is 39.3 Å². The molecule has 43 heavy (non-hydrogen) atoms. The zero-order chi connectivity index (χ0) is 30.1. The third-order valence-corrected chi connectivity index (χ3v) is 14.4. The molecule has 4 aliphatic carbocycles. The average molecular weight is 595 g/mol. The highest BCUT2D eigenvalue weighted by Crippen LogP contribution is 2.70. The van der Waals surface area contributed by atoms with E-state index >= 15 is 0 Å². The van der Waals surface area contributed by atoms with Crippen molar-refractivity contribution >= 4 is 11.8 Å². The van der Waals surface area contributed by atoms with Gasteiger partial charge in [-0.3, -0.25) is 14.9 Å². The second-order valence-corrected chi connectivity index (χ2v) is 16.8. The first-order valence-corrected chi connectivity index (χ1v) is 17.9. The summed E-state index contributed by atoms with van der Waals surface area (Å²) in [5.41, 5.74) is 2.10. The molecule has 7 heteroatoms. The van der Waals surface area contributed by atoms with Crippen LogP contribution in [0.25, 0.3) is 0 Å². The van der Waals surface area contributed by atoms with Gasteiger partial charge in [-0.25, -0.2) is 0 Å². The summed E-state index contributed by atoms with van der Waals surface area (Å²) in [5, 5.41) is 10.2. The SMILES string of the molecule is C[C@@H]1CC[C@@]2(NC1)O[C@H]1C[C@H]3[C@@H]4CC=C5C[C@@H](NC(=O)CC(=O)NC6CCN(C)CC6)CC[C@]5(C)[C@H]4CC[C@]3(C)[C@H]1[C@@H]2C. The fourth-order valence-corrected chi connectivity index (χ4v) is 11.8. The summed E-state index contributed by atoms with van der Waals surface area (Å²) in [7, 11) is 2.12. The van der Waals surface area contributed by atoms with Gasteiger partial charge in [-0.2, -0.15) is 0 Å². The maximum atomic E-state index is 12.9. The van der Waals surface area contributed by atoms with Crippen molar-refractivity contribution in [2.75, 3.05) is 26.7 Å². The van der Waals surface area contributed by atoms with Gasteiger partial charge >= 0.3 is 0 Å². The zero-order valence-corrected chi connectivity index (χ0v) is 27.6. The summed E-state index contributed by atoms with van der Waals surface area (Å²) in [6, 6.07) is 0.350. The Bertz CT molecular complexity index is 1120. The Balaban J connectivity index is 0.972. The first-order valence-electron chi connectivity index (χ1n) is 17.9. The summed E-state index contributed by atoms with van der Waals surface area (Å²) in [6.07, 6.45) is 15.5. The Kier molecular flexibility index (Phi) is 7.82. The molecule has 7 aliphatic rings. The second-order valence-electron chi connectivity index (χ2n) is 16.8. The van der Waals surface area contributed by atoms with Crippen LogP contribution >= 0.6 is 0 Å². The second kappa shape index (κ2) is 11.1. The van der Waals surface area contributed by atoms with Crippen molar-refractivity contribution in [3.05, 3.63) is 11.6 Å². The molecule has 7 rings (SSSR count). The molecule has 11 atom stereocenters. The number of nitrogens with one attached hydrogen (secondary N) is 3. The molecule has 3 aliphatic heterocycles. The van der Waals surface area contributed by atoms with E-state index in [1.807, 2.05) is 0 Å². The summed E-state index contributed by atoms with van der Waals surface area (Å²) in [6.45, 7) is 13.1. The van der Waals surface area contributed by atoms with Crippen molar-refractivity contribution in [2.24, 2.45) is 46.3 Å². The quantitative estimate of drug-likeness (QED) is 0.315. The monoisotopic (exact) mass is 594 g/mol. The topological polar surface area (TPSA) is 82.7 Å². The van der Waals surface area contributed by atoms with E-state index in [0.717, 1.165) is 75.4 Å². The van der Waals surface area contributed by atoms with Crippen LogP contribution < -0.4 is 16.0 Å². The molecule has 6 fully saturated rings. The van der Waals surface area contributed by atoms with Crippen LogP contribution in [-0.4, -0.2) is 67.3 Å². The first-order chi connectivity index (χ1) is 20.5. The molecule has 1 spiro atoms. The molecular weight excluding hydrogens is 536 g/mol. The summed E-state index contributed by atoms with van der Waals surface area (Å²) in [4.78, 5) is 27.7. The van der Waals surface area contributed by atoms with Crippen LogP contribution in [0.1, 0.15) is 105 Å². The van der Waals surface area contributed by atoms with E-state index in [0.29, 0.717) is 23.4 Å². The Morgan fingerprint density at radius 3 is 2.44 bits per heavy atom. The van der Waals surface area contributed by atoms with Gasteiger partial charge in [0.15, 0.2) is 0 Å². The molecule has 0 radical (unpaired) electrons. The number of ether oxygens (including phenoxy) is 1. The molecule has 3 saturated heterocycles. The molecule has 3 saturated carbocycles. The lowest BCUT2D eigenvalue weighted by atomic mass is 9.46. The van der Waals surface area contributed by atoms with Gasteiger partial charge in [0, 0.05) is 24.5 Å². The number of fused-ring (bicyclic) bond motifs is 7. The van der Waals surface area contributed by atoms with Crippen molar-refractivity contribution in [3.63, 3.8) is 0 Å². The Labute approximate surface area is 260 Å². The molecule has 0 unspecified atom stereocenters. The fourth-order valence-electron chi connectivity index (χ4n) is 11.8. The van der Waals surface area contributed by atoms with Crippen LogP contribution in [0.3, 0.4) is 0 Å². The Morgan fingerprint density at radius 1 is 0.977 bits per heavy atom. The minimum atomic E-state index is -0.128. The highest BCUT2D eigenvalue weighted by Gasteiger charge is 2.68. The Morgan fingerprint density at radius 2 is 1.72 bits per heavy atom. The van der Waals surface area contributed by atoms with Crippen LogP contribution in [0.5, 0.6) is 0 Å². The summed E-state index contributed by atoms with van der Waals surface area (Å²) >= 11 is 0. The van der Waals surface area contributed by atoms with Gasteiger partial charge in [0.05, 0.1) is 6.10 Å². The molecule has 2 amide bonds. The van der Waals surface area contributed by atoms with Crippen molar-refractivity contribution < 1.29 is 14.3 Å². The van der Waals surface area contributed by atoms with Gasteiger partial charge < -0.3 is 20.3 Å². The molecule has 7 nitrogen and oxygen atoms in total. The number of likely N-dealkylation sites (tertiary alicyclic amines) is 1. The Hall–Kier alpha value is -1.44. The van der Waals surface area contributed by atoms with E-state index in [1.54, 1.807) is 5.57 Å². The summed E-state index contributed by atoms with van der Waals surface area (Å²) in [5.74, 6) is 3.98. The summed E-state index contributed by atoms with van der Waals surface area (Å²) < 4.78 is 7.07. The minimum absolute atomic E-state index is 0.0528. The minimum Gasteiger partial charge on any atom is -0.357 e. The molecular formula is C36H58N4O3. The standard InChI is InChI=1S/C36H58N4O3/c1-22-8-15-36(37-21-22)23(2)33-30(43-36)19-29-27-7-6-24-18-26(9-13-34(24,3)28(27)10-14-35(29,33)4)39-32(42)20-31(41)38-25-11-16-40(5)17-12-25/h6,22-23,25-30,33,37H,7-21H2,1-5H3,(H,38,41)(H,39,42)/t22-,23+,26+,27-,28+,29+,30+,33+,34+,35+,36-/m1/s1. The van der Waals surface area contributed by atoms with E-state index in [4.69, 9.17) is 4.74 Å². The normalized spacial score (nSPS) is 48.1. The van der Waals surface area contributed by atoms with Gasteiger partial charge in [0.2, 0.25) is 11.8 Å². The predicted octanol–water partition coefficient (Wildman–Crippen LogP) is 5.01. The van der Waals surface area contributed by atoms with Gasteiger partial charge in [-0.05, 0) is 131 Å². The molecule has 0 aromatic heterocycles. The lowest BCUT2D eigenvalue weighted by Crippen LogP contribution is -2.57. The first kappa shape index (κ1) is 30.2. The van der Waals surface area contributed by atoms with Gasteiger partial charge in [0.1, 0.15) is 12.1 Å². The molecule has 240 valence electrons. The number of amides is 2. The number of rotatable bonds is 4. The highest BCUT2D eigenvalue weighted by molar-refractivity contribution is 5.97. The maximum Gasteiger partial charge on any atom is 0.229 e. The number of carbonyl (C=O) groups is 2. The van der Waals surface area contributed by atoms with Crippen molar-refractivity contribution in [2.45, 2.75) is 129 Å². The number of allylic oxidation sites excluding steroid dienone is 1. The zero-order valence-electron chi connectivity index (χ0n) is 27.6. The number of hydrogen-bond donors (Lipinski definition) is 3. The lowest BCUT2D eigenvalue weighted by Gasteiger charge is -2.58. The van der Waals surface area contributed by atoms with Crippen LogP contribution in [-0.2, 0) is 14.3 Å². The molecule has 3 N–H and O–H groups in total. The van der Waals surface area contributed by atoms with Crippen LogP contribution in [0.15, 0.2) is 11.6 Å². The number of hydrogen-bond acceptors (Lipinski definition) is 5. The molecule has 0 aromatic carbocycles. The van der Waals surface area contributed by atoms with E-state index in [1.165, 1.54) is 38.5 Å². The van der Waals surface area contributed by atoms with Crippen LogP contribution in [0.4, 0.5) is 0 Å². The highest BCUT2D eigenvalue weighted by atomic mass is 16.5. The number of piperidine rings is 2. The average Bonchev–Trinajstić information content (AvgIpc) is 3.41. The van der Waals surface area contributed by atoms with Crippen molar-refractivity contribution in [1.29, 1.82) is 0 Å². The number of nitrogens with zero attached hydrogens (tertiary/aromatic N) is 1. The van der Waals surface area contributed by atoms with Crippen molar-refractivity contribution in [3.8, 4) is 0 Å². The van der Waals surface area contributed by atoms with Gasteiger partial charge in [-0.15, -0.1) is 0 Å². The van der Waals surface area contributed by atoms with Crippen LogP contribution in [0, 0.1) is 46.3 Å². The van der Waals surface area contributed by atoms with E-state index in [-0.39, 0.29) is 41.5 Å². The van der Waals surface area contributed by atoms with Crippen molar-refractivity contribution in [1.82, 2.24) is 20.9 Å². The smallest absolute Gasteiger partial charge is 0.229 e. The fraction of sp³-hybridized carbons (Fsp3) is 0.889. The third-order valence-electron chi connectivity index (χ3n) is 14.4. The number of carbonyl (C=O) groups excluding carboxylic acids is 2. The largest absolute Gasteiger partial charge is 0.357 e. The lowest BCUT2D eigenvalue weighted by molar-refractivity contribution is -0.130. The van der Waals surface area contributed by atoms with E-state index in [2.05, 4.69) is 61.7 Å². The predicted molar refractivity (Wildman–Crippen MR) is 169 cm³/mol. The van der Waals surface area contributed by atoms with E-state index in [9.17, 15) is 9.59 Å².